The van der Waals surface area contributed by atoms with Crippen LogP contribution in [-0.4, -0.2) is 11.9 Å². The van der Waals surface area contributed by atoms with E-state index in [-0.39, 0.29) is 17.4 Å². The molecule has 3 N–H and O–H groups in total. The third-order valence-corrected chi connectivity index (χ3v) is 3.76. The summed E-state index contributed by atoms with van der Waals surface area (Å²) in [4.78, 5) is 13.0. The van der Waals surface area contributed by atoms with Crippen molar-refractivity contribution in [3.8, 4) is 0 Å². The normalized spacial score (nSPS) is 13.4. The van der Waals surface area contributed by atoms with Gasteiger partial charge in [0.05, 0.1) is 6.54 Å². The van der Waals surface area contributed by atoms with Crippen LogP contribution in [0.2, 0.25) is 0 Å². The van der Waals surface area contributed by atoms with Crippen molar-refractivity contribution in [1.29, 1.82) is 0 Å². The summed E-state index contributed by atoms with van der Waals surface area (Å²) in [6, 6.07) is 2.01. The van der Waals surface area contributed by atoms with Crippen LogP contribution in [0.15, 0.2) is 11.4 Å². The number of amides is 1. The molecule has 0 saturated carbocycles. The Balaban J connectivity index is 2.32. The fourth-order valence-electron chi connectivity index (χ4n) is 1.93. The Morgan fingerprint density at radius 1 is 1.50 bits per heavy atom. The van der Waals surface area contributed by atoms with Crippen molar-refractivity contribution in [2.75, 3.05) is 0 Å². The first kappa shape index (κ1) is 15.2. The second kappa shape index (κ2) is 6.34. The van der Waals surface area contributed by atoms with Gasteiger partial charge in [-0.1, -0.05) is 20.8 Å². The first-order chi connectivity index (χ1) is 8.28. The molecule has 3 nitrogen and oxygen atoms in total. The summed E-state index contributed by atoms with van der Waals surface area (Å²) >= 11 is 1.67. The topological polar surface area (TPSA) is 55.1 Å². The van der Waals surface area contributed by atoms with Crippen molar-refractivity contribution in [2.24, 2.45) is 11.1 Å². The van der Waals surface area contributed by atoms with E-state index in [0.29, 0.717) is 13.0 Å². The number of nitrogens with two attached hydrogens (primary N) is 1. The molecule has 1 rings (SSSR count). The average molecular weight is 268 g/mol. The number of carbonyl (C=O) groups excluding carboxylic acids is 1. The van der Waals surface area contributed by atoms with E-state index in [1.54, 1.807) is 11.3 Å². The number of rotatable bonds is 5. The Morgan fingerprint density at radius 3 is 2.67 bits per heavy atom. The maximum atomic E-state index is 11.8. The molecule has 102 valence electrons. The molecular formula is C14H24N2OS. The lowest BCUT2D eigenvalue weighted by Gasteiger charge is -2.22. The van der Waals surface area contributed by atoms with E-state index in [0.717, 1.165) is 6.42 Å². The minimum atomic E-state index is -0.0607. The molecule has 0 fully saturated rings. The third kappa shape index (κ3) is 5.65. The highest BCUT2D eigenvalue weighted by molar-refractivity contribution is 7.10. The van der Waals surface area contributed by atoms with Gasteiger partial charge in [0, 0.05) is 17.3 Å². The molecule has 18 heavy (non-hydrogen) atoms. The monoisotopic (exact) mass is 268 g/mol. The molecule has 0 saturated heterocycles. The van der Waals surface area contributed by atoms with Crippen LogP contribution in [0.1, 0.15) is 44.1 Å². The Labute approximate surface area is 114 Å². The Morgan fingerprint density at radius 2 is 2.17 bits per heavy atom. The molecule has 1 aromatic heterocycles. The van der Waals surface area contributed by atoms with Crippen LogP contribution in [0.25, 0.3) is 0 Å². The van der Waals surface area contributed by atoms with Crippen LogP contribution in [0, 0.1) is 12.3 Å². The SMILES string of the molecule is Cc1ccsc1CNC(=O)CC(N)CC(C)(C)C. The van der Waals surface area contributed by atoms with Crippen LogP contribution in [-0.2, 0) is 11.3 Å². The van der Waals surface area contributed by atoms with Crippen LogP contribution < -0.4 is 11.1 Å². The number of aryl methyl sites for hydroxylation is 1. The van der Waals surface area contributed by atoms with Gasteiger partial charge in [-0.2, -0.15) is 0 Å². The lowest BCUT2D eigenvalue weighted by molar-refractivity contribution is -0.121. The molecular weight excluding hydrogens is 244 g/mol. The summed E-state index contributed by atoms with van der Waals surface area (Å²) in [5.74, 6) is 0.0413. The second-order valence-corrected chi connectivity index (χ2v) is 7.03. The van der Waals surface area contributed by atoms with E-state index in [9.17, 15) is 4.79 Å². The third-order valence-electron chi connectivity index (χ3n) is 2.74. The van der Waals surface area contributed by atoms with Crippen molar-refractivity contribution in [3.05, 3.63) is 21.9 Å². The van der Waals surface area contributed by atoms with Gasteiger partial charge in [0.2, 0.25) is 5.91 Å². The predicted molar refractivity (Wildman–Crippen MR) is 77.6 cm³/mol. The maximum absolute atomic E-state index is 11.8. The van der Waals surface area contributed by atoms with Gasteiger partial charge in [-0.05, 0) is 35.8 Å². The highest BCUT2D eigenvalue weighted by Crippen LogP contribution is 2.21. The quantitative estimate of drug-likeness (QED) is 0.862. The van der Waals surface area contributed by atoms with Crippen molar-refractivity contribution in [3.63, 3.8) is 0 Å². The van der Waals surface area contributed by atoms with E-state index >= 15 is 0 Å². The zero-order valence-corrected chi connectivity index (χ0v) is 12.6. The molecule has 0 aliphatic carbocycles. The minimum absolute atomic E-state index is 0.0413. The molecule has 0 spiro atoms. The number of carbonyl (C=O) groups is 1. The smallest absolute Gasteiger partial charge is 0.221 e. The van der Waals surface area contributed by atoms with Crippen molar-refractivity contribution < 1.29 is 4.79 Å². The van der Waals surface area contributed by atoms with Crippen molar-refractivity contribution >= 4 is 17.2 Å². The first-order valence-corrected chi connectivity index (χ1v) is 7.21. The summed E-state index contributed by atoms with van der Waals surface area (Å²) in [6.07, 6.45) is 1.26. The molecule has 4 heteroatoms. The molecule has 1 heterocycles. The second-order valence-electron chi connectivity index (χ2n) is 6.03. The van der Waals surface area contributed by atoms with E-state index < -0.39 is 0 Å². The fraction of sp³-hybridized carbons (Fsp3) is 0.643. The van der Waals surface area contributed by atoms with Crippen molar-refractivity contribution in [2.45, 2.75) is 53.1 Å². The molecule has 0 aliphatic heterocycles. The highest BCUT2D eigenvalue weighted by atomic mass is 32.1. The van der Waals surface area contributed by atoms with E-state index in [2.05, 4.69) is 39.1 Å². The average Bonchev–Trinajstić information content (AvgIpc) is 2.57. The first-order valence-electron chi connectivity index (χ1n) is 6.33. The van der Waals surface area contributed by atoms with Gasteiger partial charge in [0.1, 0.15) is 0 Å². The van der Waals surface area contributed by atoms with Gasteiger partial charge in [0.15, 0.2) is 0 Å². The lowest BCUT2D eigenvalue weighted by Crippen LogP contribution is -2.33. The molecule has 0 aliphatic rings. The number of nitrogens with one attached hydrogen (secondary N) is 1. The zero-order valence-electron chi connectivity index (χ0n) is 11.7. The fourth-order valence-corrected chi connectivity index (χ4v) is 2.78. The standard InChI is InChI=1S/C14H24N2OS/c1-10-5-6-18-12(10)9-16-13(17)7-11(15)8-14(2,3)4/h5-6,11H,7-9,15H2,1-4H3,(H,16,17). The number of thiophene rings is 1. The Kier molecular flexibility index (Phi) is 5.35. The van der Waals surface area contributed by atoms with Crippen molar-refractivity contribution in [1.82, 2.24) is 5.32 Å². The van der Waals surface area contributed by atoms with Gasteiger partial charge >= 0.3 is 0 Å². The summed E-state index contributed by atoms with van der Waals surface area (Å²) in [5, 5.41) is 4.98. The van der Waals surface area contributed by atoms with Gasteiger partial charge in [-0.25, -0.2) is 0 Å². The molecule has 0 aromatic carbocycles. The summed E-state index contributed by atoms with van der Waals surface area (Å²) in [5.41, 5.74) is 7.39. The molecule has 1 amide bonds. The molecule has 1 unspecified atom stereocenters. The Bertz CT molecular complexity index is 393. The van der Waals surface area contributed by atoms with Gasteiger partial charge in [0.25, 0.3) is 0 Å². The van der Waals surface area contributed by atoms with E-state index in [1.807, 2.05) is 5.38 Å². The molecule has 0 radical (unpaired) electrons. The van der Waals surface area contributed by atoms with Gasteiger partial charge < -0.3 is 11.1 Å². The van der Waals surface area contributed by atoms with Crippen LogP contribution in [0.3, 0.4) is 0 Å². The molecule has 1 aromatic rings. The van der Waals surface area contributed by atoms with E-state index in [4.69, 9.17) is 5.73 Å². The predicted octanol–water partition coefficient (Wildman–Crippen LogP) is 2.83. The maximum Gasteiger partial charge on any atom is 0.221 e. The highest BCUT2D eigenvalue weighted by Gasteiger charge is 2.18. The lowest BCUT2D eigenvalue weighted by atomic mass is 9.87. The summed E-state index contributed by atoms with van der Waals surface area (Å²) in [6.45, 7) is 9.09. The van der Waals surface area contributed by atoms with Gasteiger partial charge in [-0.3, -0.25) is 4.79 Å². The van der Waals surface area contributed by atoms with Crippen LogP contribution in [0.4, 0.5) is 0 Å². The minimum Gasteiger partial charge on any atom is -0.351 e. The number of hydrogen-bond acceptors (Lipinski definition) is 3. The zero-order chi connectivity index (χ0) is 13.8. The van der Waals surface area contributed by atoms with E-state index in [1.165, 1.54) is 10.4 Å². The Hall–Kier alpha value is -0.870. The largest absolute Gasteiger partial charge is 0.351 e. The number of hydrogen-bond donors (Lipinski definition) is 2. The molecule has 0 bridgehead atoms. The van der Waals surface area contributed by atoms with Crippen LogP contribution >= 0.6 is 11.3 Å². The van der Waals surface area contributed by atoms with Crippen LogP contribution in [0.5, 0.6) is 0 Å². The van der Waals surface area contributed by atoms with Gasteiger partial charge in [-0.15, -0.1) is 11.3 Å². The summed E-state index contributed by atoms with van der Waals surface area (Å²) in [7, 11) is 0. The molecule has 1 atom stereocenters. The summed E-state index contributed by atoms with van der Waals surface area (Å²) < 4.78 is 0.